The van der Waals surface area contributed by atoms with E-state index >= 15 is 0 Å². The zero-order valence-corrected chi connectivity index (χ0v) is 9.63. The first kappa shape index (κ1) is 11.8. The highest BCUT2D eigenvalue weighted by atomic mass is 35.5. The lowest BCUT2D eigenvalue weighted by Gasteiger charge is -2.19. The lowest BCUT2D eigenvalue weighted by Crippen LogP contribution is -2.15. The summed E-state index contributed by atoms with van der Waals surface area (Å²) >= 11 is 12.1. The Morgan fingerprint density at radius 1 is 1.29 bits per heavy atom. The van der Waals surface area contributed by atoms with Gasteiger partial charge < -0.3 is 4.74 Å². The van der Waals surface area contributed by atoms with Gasteiger partial charge in [-0.05, 0) is 5.56 Å². The van der Waals surface area contributed by atoms with Crippen molar-refractivity contribution in [3.05, 3.63) is 35.9 Å². The average molecular weight is 233 g/mol. The Morgan fingerprint density at radius 2 is 1.93 bits per heavy atom. The van der Waals surface area contributed by atoms with Gasteiger partial charge in [-0.3, -0.25) is 0 Å². The Morgan fingerprint density at radius 3 is 2.43 bits per heavy atom. The zero-order valence-electron chi connectivity index (χ0n) is 8.12. The summed E-state index contributed by atoms with van der Waals surface area (Å²) < 4.78 is 5.07. The van der Waals surface area contributed by atoms with E-state index in [1.807, 2.05) is 30.3 Å². The lowest BCUT2D eigenvalue weighted by molar-refractivity contribution is 0.159. The van der Waals surface area contributed by atoms with E-state index in [0.717, 1.165) is 5.56 Å². The van der Waals surface area contributed by atoms with E-state index in [-0.39, 0.29) is 11.3 Å². The van der Waals surface area contributed by atoms with Crippen molar-refractivity contribution in [3.8, 4) is 0 Å². The average Bonchev–Trinajstić information content (AvgIpc) is 2.26. The first-order valence-corrected chi connectivity index (χ1v) is 5.50. The first-order chi connectivity index (χ1) is 6.79. The van der Waals surface area contributed by atoms with Crippen LogP contribution in [0.15, 0.2) is 30.3 Å². The highest BCUT2D eigenvalue weighted by molar-refractivity contribution is 6.22. The maximum atomic E-state index is 6.29. The molecule has 0 aliphatic carbocycles. The molecule has 0 aromatic heterocycles. The van der Waals surface area contributed by atoms with Gasteiger partial charge in [0.25, 0.3) is 0 Å². The summed E-state index contributed by atoms with van der Waals surface area (Å²) in [6.07, 6.45) is 0. The largest absolute Gasteiger partial charge is 0.384 e. The third-order valence-corrected chi connectivity index (χ3v) is 3.12. The monoisotopic (exact) mass is 232 g/mol. The van der Waals surface area contributed by atoms with Crippen molar-refractivity contribution >= 4 is 23.2 Å². The van der Waals surface area contributed by atoms with Crippen molar-refractivity contribution in [1.82, 2.24) is 0 Å². The van der Waals surface area contributed by atoms with Gasteiger partial charge in [-0.15, -0.1) is 23.2 Å². The molecule has 0 N–H and O–H groups in total. The number of benzene rings is 1. The van der Waals surface area contributed by atoms with Crippen LogP contribution in [0.2, 0.25) is 0 Å². The topological polar surface area (TPSA) is 9.23 Å². The maximum absolute atomic E-state index is 6.29. The van der Waals surface area contributed by atoms with E-state index in [4.69, 9.17) is 27.9 Å². The van der Waals surface area contributed by atoms with Crippen molar-refractivity contribution in [2.45, 2.75) is 5.38 Å². The summed E-state index contributed by atoms with van der Waals surface area (Å²) in [4.78, 5) is 0. The molecular formula is C11H14Cl2O. The lowest BCUT2D eigenvalue weighted by atomic mass is 10.0. The Kier molecular flexibility index (Phi) is 5.31. The summed E-state index contributed by atoms with van der Waals surface area (Å²) in [5, 5.41) is -0.0753. The van der Waals surface area contributed by atoms with Gasteiger partial charge in [-0.25, -0.2) is 0 Å². The normalized spacial score (nSPS) is 15.1. The molecule has 0 aliphatic rings. The van der Waals surface area contributed by atoms with Gasteiger partial charge in [-0.2, -0.15) is 0 Å². The van der Waals surface area contributed by atoms with Crippen LogP contribution in [0.4, 0.5) is 0 Å². The summed E-state index contributed by atoms with van der Waals surface area (Å²) in [5.74, 6) is 0.669. The molecule has 0 heterocycles. The Bertz CT molecular complexity index is 251. The van der Waals surface area contributed by atoms with Crippen LogP contribution in [0.1, 0.15) is 10.9 Å². The molecule has 0 amide bonds. The summed E-state index contributed by atoms with van der Waals surface area (Å²) in [5.41, 5.74) is 1.09. The molecule has 14 heavy (non-hydrogen) atoms. The Hall–Kier alpha value is -0.240. The Balaban J connectivity index is 2.67. The zero-order chi connectivity index (χ0) is 10.4. The third kappa shape index (κ3) is 3.16. The molecule has 0 saturated heterocycles. The van der Waals surface area contributed by atoms with E-state index in [1.54, 1.807) is 7.11 Å². The van der Waals surface area contributed by atoms with E-state index in [1.165, 1.54) is 0 Å². The SMILES string of the molecule is COCC(CCl)C(Cl)c1ccccc1. The molecule has 0 saturated carbocycles. The van der Waals surface area contributed by atoms with Crippen LogP contribution in [-0.4, -0.2) is 19.6 Å². The molecular weight excluding hydrogens is 219 g/mol. The second-order valence-corrected chi connectivity index (χ2v) is 3.96. The van der Waals surface area contributed by atoms with Crippen LogP contribution >= 0.6 is 23.2 Å². The number of hydrogen-bond donors (Lipinski definition) is 0. The smallest absolute Gasteiger partial charge is 0.0646 e. The number of alkyl halides is 2. The van der Waals surface area contributed by atoms with Crippen molar-refractivity contribution < 1.29 is 4.74 Å². The van der Waals surface area contributed by atoms with Crippen LogP contribution in [-0.2, 0) is 4.74 Å². The third-order valence-electron chi connectivity index (χ3n) is 2.11. The molecule has 0 radical (unpaired) electrons. The van der Waals surface area contributed by atoms with Crippen LogP contribution in [0.5, 0.6) is 0 Å². The molecule has 0 fully saturated rings. The van der Waals surface area contributed by atoms with E-state index in [0.29, 0.717) is 12.5 Å². The van der Waals surface area contributed by atoms with Gasteiger partial charge in [0.15, 0.2) is 0 Å². The fourth-order valence-corrected chi connectivity index (χ4v) is 2.00. The van der Waals surface area contributed by atoms with Gasteiger partial charge in [0.1, 0.15) is 0 Å². The number of methoxy groups -OCH3 is 1. The number of halogens is 2. The fraction of sp³-hybridized carbons (Fsp3) is 0.455. The summed E-state index contributed by atoms with van der Waals surface area (Å²) in [6.45, 7) is 0.590. The van der Waals surface area contributed by atoms with E-state index in [2.05, 4.69) is 0 Å². The minimum absolute atomic E-state index is 0.0753. The van der Waals surface area contributed by atoms with Gasteiger partial charge in [0, 0.05) is 18.9 Å². The van der Waals surface area contributed by atoms with Gasteiger partial charge in [-0.1, -0.05) is 30.3 Å². The van der Waals surface area contributed by atoms with E-state index in [9.17, 15) is 0 Å². The van der Waals surface area contributed by atoms with Crippen LogP contribution < -0.4 is 0 Å². The van der Waals surface area contributed by atoms with Gasteiger partial charge in [0.2, 0.25) is 0 Å². The van der Waals surface area contributed by atoms with Crippen molar-refractivity contribution in [2.75, 3.05) is 19.6 Å². The first-order valence-electron chi connectivity index (χ1n) is 4.53. The van der Waals surface area contributed by atoms with Gasteiger partial charge in [0.05, 0.1) is 12.0 Å². The summed E-state index contributed by atoms with van der Waals surface area (Å²) in [6, 6.07) is 9.94. The number of rotatable bonds is 5. The standard InChI is InChI=1S/C11H14Cl2O/c1-14-8-10(7-12)11(13)9-5-3-2-4-6-9/h2-6,10-11H,7-8H2,1H3. The Labute approximate surface area is 95.0 Å². The second kappa shape index (κ2) is 6.28. The van der Waals surface area contributed by atoms with Crippen molar-refractivity contribution in [3.63, 3.8) is 0 Å². The quantitative estimate of drug-likeness (QED) is 0.707. The molecule has 0 bridgehead atoms. The molecule has 2 unspecified atom stereocenters. The molecule has 0 spiro atoms. The molecule has 1 aromatic rings. The minimum Gasteiger partial charge on any atom is -0.384 e. The molecule has 1 nitrogen and oxygen atoms in total. The molecule has 1 rings (SSSR count). The highest BCUT2D eigenvalue weighted by Crippen LogP contribution is 2.29. The van der Waals surface area contributed by atoms with Crippen molar-refractivity contribution in [1.29, 1.82) is 0 Å². The van der Waals surface area contributed by atoms with Crippen LogP contribution in [0.25, 0.3) is 0 Å². The van der Waals surface area contributed by atoms with E-state index < -0.39 is 0 Å². The molecule has 2 atom stereocenters. The minimum atomic E-state index is -0.0753. The number of hydrogen-bond acceptors (Lipinski definition) is 1. The summed E-state index contributed by atoms with van der Waals surface area (Å²) in [7, 11) is 1.66. The fourth-order valence-electron chi connectivity index (χ4n) is 1.33. The van der Waals surface area contributed by atoms with Crippen LogP contribution in [0, 0.1) is 5.92 Å². The second-order valence-electron chi connectivity index (χ2n) is 3.18. The maximum Gasteiger partial charge on any atom is 0.0646 e. The highest BCUT2D eigenvalue weighted by Gasteiger charge is 2.19. The number of ether oxygens (including phenoxy) is 1. The molecule has 78 valence electrons. The molecule has 1 aromatic carbocycles. The predicted octanol–water partition coefficient (Wildman–Crippen LogP) is 3.47. The molecule has 3 heteroatoms. The predicted molar refractivity (Wildman–Crippen MR) is 61.1 cm³/mol. The van der Waals surface area contributed by atoms with Crippen molar-refractivity contribution in [2.24, 2.45) is 5.92 Å². The molecule has 0 aliphatic heterocycles. The van der Waals surface area contributed by atoms with Gasteiger partial charge >= 0.3 is 0 Å². The van der Waals surface area contributed by atoms with Crippen LogP contribution in [0.3, 0.4) is 0 Å².